The number of rotatable bonds is 3. The van der Waals surface area contributed by atoms with Crippen molar-refractivity contribution < 1.29 is 0 Å². The Bertz CT molecular complexity index is 772. The van der Waals surface area contributed by atoms with E-state index in [0.29, 0.717) is 10.9 Å². The van der Waals surface area contributed by atoms with Gasteiger partial charge in [0.2, 0.25) is 0 Å². The van der Waals surface area contributed by atoms with Crippen molar-refractivity contribution in [1.29, 1.82) is 0 Å². The zero-order valence-electron chi connectivity index (χ0n) is 11.5. The van der Waals surface area contributed by atoms with Gasteiger partial charge in [0, 0.05) is 40.0 Å². The highest BCUT2D eigenvalue weighted by Gasteiger charge is 2.10. The third kappa shape index (κ3) is 2.29. The Morgan fingerprint density at radius 1 is 1.30 bits per heavy atom. The smallest absolute Gasteiger partial charge is 0.188 e. The molecule has 5 heteroatoms. The lowest BCUT2D eigenvalue weighted by Crippen LogP contribution is -1.98. The summed E-state index contributed by atoms with van der Waals surface area (Å²) in [6.07, 6.45) is 6.49. The van der Waals surface area contributed by atoms with Gasteiger partial charge in [0.05, 0.1) is 11.2 Å². The van der Waals surface area contributed by atoms with Crippen molar-refractivity contribution >= 4 is 39.1 Å². The van der Waals surface area contributed by atoms with E-state index in [1.807, 2.05) is 24.5 Å². The van der Waals surface area contributed by atoms with E-state index in [0.717, 1.165) is 33.3 Å². The van der Waals surface area contributed by atoms with Gasteiger partial charge in [-0.3, -0.25) is 4.98 Å². The maximum atomic E-state index is 6.26. The first-order valence-corrected chi connectivity index (χ1v) is 7.52. The molecule has 0 saturated heterocycles. The van der Waals surface area contributed by atoms with E-state index in [9.17, 15) is 0 Å². The van der Waals surface area contributed by atoms with Gasteiger partial charge in [-0.2, -0.15) is 0 Å². The molecule has 102 valence electrons. The molecule has 0 fully saturated rings. The molecule has 20 heavy (non-hydrogen) atoms. The molecule has 2 aromatic heterocycles. The van der Waals surface area contributed by atoms with Gasteiger partial charge in [0.1, 0.15) is 0 Å². The van der Waals surface area contributed by atoms with Crippen LogP contribution in [0.15, 0.2) is 35.9 Å². The Morgan fingerprint density at radius 2 is 2.15 bits per heavy atom. The molecule has 1 aromatic carbocycles. The largest absolute Gasteiger partial charge is 0.396 e. The van der Waals surface area contributed by atoms with Crippen molar-refractivity contribution in [3.8, 4) is 0 Å². The van der Waals surface area contributed by atoms with Crippen LogP contribution in [0.4, 0.5) is 5.69 Å². The predicted molar refractivity (Wildman–Crippen MR) is 84.9 cm³/mol. The monoisotopic (exact) mass is 284 g/mol. The minimum Gasteiger partial charge on any atom is -0.396 e. The van der Waals surface area contributed by atoms with Gasteiger partial charge >= 0.3 is 0 Å². The summed E-state index contributed by atoms with van der Waals surface area (Å²) >= 11 is 1.68. The molecule has 2 heterocycles. The number of benzene rings is 1. The molecule has 1 unspecified atom stereocenters. The number of anilines is 1. The number of fused-ring (bicyclic) bond motifs is 2. The van der Waals surface area contributed by atoms with Crippen molar-refractivity contribution in [2.24, 2.45) is 0 Å². The van der Waals surface area contributed by atoms with Gasteiger partial charge in [-0.1, -0.05) is 25.6 Å². The molecule has 0 aliphatic heterocycles. The molecular formula is C15H16N4S. The van der Waals surface area contributed by atoms with Crippen LogP contribution in [0.5, 0.6) is 0 Å². The fourth-order valence-corrected chi connectivity index (χ4v) is 2.86. The number of pyridine rings is 1. The lowest BCUT2D eigenvalue weighted by Gasteiger charge is -2.09. The van der Waals surface area contributed by atoms with Gasteiger partial charge in [-0.15, -0.1) is 0 Å². The summed E-state index contributed by atoms with van der Waals surface area (Å²) in [5, 5.41) is 4.25. The summed E-state index contributed by atoms with van der Waals surface area (Å²) < 4.78 is 0. The summed E-state index contributed by atoms with van der Waals surface area (Å²) in [4.78, 5) is 13.2. The molecular weight excluding hydrogens is 268 g/mol. The Hall–Kier alpha value is -1.88. The maximum Gasteiger partial charge on any atom is 0.188 e. The Labute approximate surface area is 121 Å². The Kier molecular flexibility index (Phi) is 3.44. The molecule has 3 rings (SSSR count). The minimum absolute atomic E-state index is 0.498. The van der Waals surface area contributed by atoms with Gasteiger partial charge < -0.3 is 5.73 Å². The van der Waals surface area contributed by atoms with E-state index in [1.165, 1.54) is 0 Å². The summed E-state index contributed by atoms with van der Waals surface area (Å²) in [5.41, 5.74) is 7.79. The van der Waals surface area contributed by atoms with E-state index in [-0.39, 0.29) is 0 Å². The molecule has 3 aromatic rings. The summed E-state index contributed by atoms with van der Waals surface area (Å²) in [5.74, 6) is 0. The average molecular weight is 284 g/mol. The molecule has 0 amide bonds. The van der Waals surface area contributed by atoms with Gasteiger partial charge in [0.25, 0.3) is 0 Å². The molecule has 0 bridgehead atoms. The molecule has 2 N–H and O–H groups in total. The zero-order chi connectivity index (χ0) is 14.1. The van der Waals surface area contributed by atoms with E-state index in [4.69, 9.17) is 5.73 Å². The fourth-order valence-electron chi connectivity index (χ4n) is 2.08. The fraction of sp³-hybridized carbons (Fsp3) is 0.267. The molecule has 0 radical (unpaired) electrons. The van der Waals surface area contributed by atoms with Crippen molar-refractivity contribution in [2.75, 3.05) is 5.73 Å². The van der Waals surface area contributed by atoms with Crippen LogP contribution in [-0.2, 0) is 0 Å². The van der Waals surface area contributed by atoms with E-state index in [1.54, 1.807) is 18.0 Å². The Balaban J connectivity index is 2.18. The first-order chi connectivity index (χ1) is 9.69. The number of thioether (sulfide) groups is 1. The lowest BCUT2D eigenvalue weighted by atomic mass is 10.1. The van der Waals surface area contributed by atoms with E-state index in [2.05, 4.69) is 28.8 Å². The molecule has 0 aliphatic rings. The van der Waals surface area contributed by atoms with Crippen LogP contribution < -0.4 is 5.73 Å². The SMILES string of the molecule is CCC(C)Sc1ncc2cc3cnccc3c(N)c2n1. The standard InChI is InChI=1S/C15H16N4S/c1-3-9(2)20-15-18-8-11-6-10-7-17-5-4-12(10)13(16)14(11)19-15/h4-9H,3,16H2,1-2H3. The number of hydrogen-bond acceptors (Lipinski definition) is 5. The highest BCUT2D eigenvalue weighted by Crippen LogP contribution is 2.30. The molecule has 0 aliphatic carbocycles. The first kappa shape index (κ1) is 13.1. The van der Waals surface area contributed by atoms with Crippen molar-refractivity contribution in [3.63, 3.8) is 0 Å². The second-order valence-corrected chi connectivity index (χ2v) is 6.22. The first-order valence-electron chi connectivity index (χ1n) is 6.64. The predicted octanol–water partition coefficient (Wildman–Crippen LogP) is 3.65. The molecule has 4 nitrogen and oxygen atoms in total. The normalized spacial score (nSPS) is 12.9. The van der Waals surface area contributed by atoms with Crippen molar-refractivity contribution in [3.05, 3.63) is 30.7 Å². The van der Waals surface area contributed by atoms with Crippen molar-refractivity contribution in [1.82, 2.24) is 15.0 Å². The van der Waals surface area contributed by atoms with E-state index < -0.39 is 0 Å². The lowest BCUT2D eigenvalue weighted by molar-refractivity contribution is 0.890. The minimum atomic E-state index is 0.498. The van der Waals surface area contributed by atoms with Crippen LogP contribution in [0.2, 0.25) is 0 Å². The summed E-state index contributed by atoms with van der Waals surface area (Å²) in [6.45, 7) is 4.33. The third-order valence-corrected chi connectivity index (χ3v) is 4.53. The zero-order valence-corrected chi connectivity index (χ0v) is 12.3. The number of nitrogen functional groups attached to an aromatic ring is 1. The summed E-state index contributed by atoms with van der Waals surface area (Å²) in [6, 6.07) is 3.96. The molecule has 0 spiro atoms. The summed E-state index contributed by atoms with van der Waals surface area (Å²) in [7, 11) is 0. The van der Waals surface area contributed by atoms with Crippen LogP contribution in [0.1, 0.15) is 20.3 Å². The second kappa shape index (κ2) is 5.25. The van der Waals surface area contributed by atoms with Gasteiger partial charge in [-0.05, 0) is 18.6 Å². The molecule has 0 saturated carbocycles. The highest BCUT2D eigenvalue weighted by atomic mass is 32.2. The van der Waals surface area contributed by atoms with Crippen molar-refractivity contribution in [2.45, 2.75) is 30.7 Å². The van der Waals surface area contributed by atoms with Gasteiger partial charge in [-0.25, -0.2) is 9.97 Å². The van der Waals surface area contributed by atoms with Crippen LogP contribution in [0, 0.1) is 0 Å². The van der Waals surface area contributed by atoms with E-state index >= 15 is 0 Å². The van der Waals surface area contributed by atoms with Crippen LogP contribution in [0.25, 0.3) is 21.7 Å². The second-order valence-electron chi connectivity index (χ2n) is 4.81. The van der Waals surface area contributed by atoms with Crippen LogP contribution in [0.3, 0.4) is 0 Å². The number of nitrogens with two attached hydrogens (primary N) is 1. The highest BCUT2D eigenvalue weighted by molar-refractivity contribution is 7.99. The van der Waals surface area contributed by atoms with Crippen LogP contribution in [-0.4, -0.2) is 20.2 Å². The van der Waals surface area contributed by atoms with Gasteiger partial charge in [0.15, 0.2) is 5.16 Å². The Morgan fingerprint density at radius 3 is 2.95 bits per heavy atom. The molecule has 1 atom stereocenters. The average Bonchev–Trinajstić information content (AvgIpc) is 2.48. The number of nitrogens with zero attached hydrogens (tertiary/aromatic N) is 3. The number of hydrogen-bond donors (Lipinski definition) is 1. The number of aromatic nitrogens is 3. The topological polar surface area (TPSA) is 64.7 Å². The quantitative estimate of drug-likeness (QED) is 0.344. The maximum absolute atomic E-state index is 6.26. The third-order valence-electron chi connectivity index (χ3n) is 3.38. The van der Waals surface area contributed by atoms with Crippen LogP contribution >= 0.6 is 11.8 Å².